The van der Waals surface area contributed by atoms with Crippen molar-refractivity contribution in [1.82, 2.24) is 9.21 Å². The van der Waals surface area contributed by atoms with Gasteiger partial charge in [-0.3, -0.25) is 9.69 Å². The first-order valence-electron chi connectivity index (χ1n) is 8.47. The Morgan fingerprint density at radius 3 is 2.31 bits per heavy atom. The average molecular weight is 396 g/mol. The Hall–Kier alpha value is -1.74. The van der Waals surface area contributed by atoms with E-state index in [0.717, 1.165) is 0 Å². The molecule has 0 radical (unpaired) electrons. The van der Waals surface area contributed by atoms with Crippen molar-refractivity contribution in [2.75, 3.05) is 32.0 Å². The van der Waals surface area contributed by atoms with Crippen LogP contribution < -0.4 is 5.32 Å². The van der Waals surface area contributed by atoms with Crippen molar-refractivity contribution < 1.29 is 13.2 Å². The highest BCUT2D eigenvalue weighted by molar-refractivity contribution is 7.89. The van der Waals surface area contributed by atoms with Crippen LogP contribution in [-0.2, 0) is 21.4 Å². The maximum atomic E-state index is 12.5. The van der Waals surface area contributed by atoms with Gasteiger partial charge in [-0.25, -0.2) is 8.42 Å². The summed E-state index contributed by atoms with van der Waals surface area (Å²) in [5.41, 5.74) is 0.582. The lowest BCUT2D eigenvalue weighted by Gasteiger charge is -2.18. The van der Waals surface area contributed by atoms with Gasteiger partial charge in [0.05, 0.1) is 11.4 Å². The molecule has 0 saturated carbocycles. The maximum absolute atomic E-state index is 12.5. The SMILES string of the molecule is CCN(CC)S(=O)(=O)c1ccc(NC(=O)CN(C)Cc2cccs2)cc1. The van der Waals surface area contributed by atoms with Gasteiger partial charge in [0.1, 0.15) is 0 Å². The van der Waals surface area contributed by atoms with E-state index in [4.69, 9.17) is 0 Å². The summed E-state index contributed by atoms with van der Waals surface area (Å²) in [6.45, 7) is 5.44. The Labute approximate surface area is 159 Å². The van der Waals surface area contributed by atoms with Crippen LogP contribution in [0.2, 0.25) is 0 Å². The van der Waals surface area contributed by atoms with Gasteiger partial charge >= 0.3 is 0 Å². The fourth-order valence-corrected chi connectivity index (χ4v) is 4.83. The van der Waals surface area contributed by atoms with Crippen LogP contribution in [0, 0.1) is 0 Å². The van der Waals surface area contributed by atoms with Crippen molar-refractivity contribution in [2.45, 2.75) is 25.3 Å². The Morgan fingerprint density at radius 2 is 1.77 bits per heavy atom. The topological polar surface area (TPSA) is 69.7 Å². The normalized spacial score (nSPS) is 11.9. The number of sulfonamides is 1. The van der Waals surface area contributed by atoms with E-state index in [9.17, 15) is 13.2 Å². The van der Waals surface area contributed by atoms with Crippen LogP contribution in [-0.4, -0.2) is 50.2 Å². The number of nitrogens with one attached hydrogen (secondary N) is 1. The number of rotatable bonds is 9. The van der Waals surface area contributed by atoms with Crippen LogP contribution in [0.3, 0.4) is 0 Å². The summed E-state index contributed by atoms with van der Waals surface area (Å²) in [5.74, 6) is -0.136. The number of likely N-dealkylation sites (N-methyl/N-ethyl adjacent to an activating group) is 1. The minimum atomic E-state index is -3.48. The van der Waals surface area contributed by atoms with E-state index in [1.54, 1.807) is 23.5 Å². The second-order valence-corrected chi connectivity index (χ2v) is 8.88. The number of anilines is 1. The molecule has 1 amide bonds. The third-order valence-electron chi connectivity index (χ3n) is 3.90. The zero-order valence-corrected chi connectivity index (χ0v) is 16.9. The zero-order valence-electron chi connectivity index (χ0n) is 15.3. The number of carbonyl (C=O) groups is 1. The molecule has 1 aromatic heterocycles. The molecule has 0 spiro atoms. The zero-order chi connectivity index (χ0) is 19.2. The van der Waals surface area contributed by atoms with Crippen LogP contribution in [0.1, 0.15) is 18.7 Å². The predicted molar refractivity (Wildman–Crippen MR) is 106 cm³/mol. The van der Waals surface area contributed by atoms with Crippen LogP contribution in [0.15, 0.2) is 46.7 Å². The highest BCUT2D eigenvalue weighted by atomic mass is 32.2. The molecule has 0 aliphatic rings. The monoisotopic (exact) mass is 395 g/mol. The molecule has 6 nitrogen and oxygen atoms in total. The number of carbonyl (C=O) groups excluding carboxylic acids is 1. The van der Waals surface area contributed by atoms with E-state index in [2.05, 4.69) is 5.32 Å². The molecule has 2 aromatic rings. The van der Waals surface area contributed by atoms with Crippen LogP contribution in [0.25, 0.3) is 0 Å². The summed E-state index contributed by atoms with van der Waals surface area (Å²) in [6.07, 6.45) is 0. The molecule has 142 valence electrons. The molecule has 26 heavy (non-hydrogen) atoms. The summed E-state index contributed by atoms with van der Waals surface area (Å²) in [4.78, 5) is 15.5. The standard InChI is InChI=1S/C18H25N3O3S2/c1-4-21(5-2)26(23,24)17-10-8-15(9-11-17)19-18(22)14-20(3)13-16-7-6-12-25-16/h6-12H,4-5,13-14H2,1-3H3,(H,19,22). The Morgan fingerprint density at radius 1 is 1.12 bits per heavy atom. The molecule has 0 aliphatic heterocycles. The molecule has 0 aliphatic carbocycles. The Bertz CT molecular complexity index is 799. The largest absolute Gasteiger partial charge is 0.325 e. The second kappa shape index (κ2) is 9.27. The molecule has 8 heteroatoms. The van der Waals surface area contributed by atoms with E-state index in [0.29, 0.717) is 25.3 Å². The van der Waals surface area contributed by atoms with E-state index >= 15 is 0 Å². The van der Waals surface area contributed by atoms with Crippen LogP contribution in [0.4, 0.5) is 5.69 Å². The first-order chi connectivity index (χ1) is 12.4. The van der Waals surface area contributed by atoms with Crippen molar-refractivity contribution in [3.8, 4) is 0 Å². The molecule has 1 N–H and O–H groups in total. The van der Waals surface area contributed by atoms with Crippen molar-refractivity contribution in [3.63, 3.8) is 0 Å². The fourth-order valence-electron chi connectivity index (χ4n) is 2.59. The van der Waals surface area contributed by atoms with E-state index in [-0.39, 0.29) is 17.3 Å². The van der Waals surface area contributed by atoms with Gasteiger partial charge in [-0.05, 0) is 42.8 Å². The number of nitrogens with zero attached hydrogens (tertiary/aromatic N) is 2. The quantitative estimate of drug-likeness (QED) is 0.709. The number of thiophene rings is 1. The predicted octanol–water partition coefficient (Wildman–Crippen LogP) is 2.85. The van der Waals surface area contributed by atoms with Crippen molar-refractivity contribution in [3.05, 3.63) is 46.7 Å². The first-order valence-corrected chi connectivity index (χ1v) is 10.8. The Kier molecular flexibility index (Phi) is 7.33. The number of hydrogen-bond donors (Lipinski definition) is 1. The van der Waals surface area contributed by atoms with Gasteiger partial charge in [0.2, 0.25) is 15.9 Å². The van der Waals surface area contributed by atoms with Gasteiger partial charge in [0, 0.05) is 30.2 Å². The molecule has 2 rings (SSSR count). The number of benzene rings is 1. The highest BCUT2D eigenvalue weighted by Gasteiger charge is 2.21. The third kappa shape index (κ3) is 5.38. The molecule has 0 saturated heterocycles. The van der Waals surface area contributed by atoms with Gasteiger partial charge in [-0.2, -0.15) is 4.31 Å². The lowest BCUT2D eigenvalue weighted by Crippen LogP contribution is -2.30. The second-order valence-electron chi connectivity index (χ2n) is 5.91. The molecule has 1 heterocycles. The van der Waals surface area contributed by atoms with Crippen LogP contribution in [0.5, 0.6) is 0 Å². The van der Waals surface area contributed by atoms with Crippen molar-refractivity contribution in [1.29, 1.82) is 0 Å². The lowest BCUT2D eigenvalue weighted by atomic mass is 10.3. The average Bonchev–Trinajstić information content (AvgIpc) is 3.08. The summed E-state index contributed by atoms with van der Waals surface area (Å²) >= 11 is 1.66. The van der Waals surface area contributed by atoms with Gasteiger partial charge in [0.15, 0.2) is 0 Å². The fraction of sp³-hybridized carbons (Fsp3) is 0.389. The molecule has 0 atom stereocenters. The van der Waals surface area contributed by atoms with E-state index in [1.807, 2.05) is 43.3 Å². The number of hydrogen-bond acceptors (Lipinski definition) is 5. The van der Waals surface area contributed by atoms with Crippen molar-refractivity contribution in [2.24, 2.45) is 0 Å². The van der Waals surface area contributed by atoms with E-state index in [1.165, 1.54) is 21.3 Å². The van der Waals surface area contributed by atoms with Gasteiger partial charge in [-0.1, -0.05) is 19.9 Å². The van der Waals surface area contributed by atoms with Gasteiger partial charge in [-0.15, -0.1) is 11.3 Å². The van der Waals surface area contributed by atoms with Crippen molar-refractivity contribution >= 4 is 33.0 Å². The highest BCUT2D eigenvalue weighted by Crippen LogP contribution is 2.18. The molecule has 0 bridgehead atoms. The third-order valence-corrected chi connectivity index (χ3v) is 6.83. The van der Waals surface area contributed by atoms with E-state index < -0.39 is 10.0 Å². The first kappa shape index (κ1) is 20.6. The summed E-state index contributed by atoms with van der Waals surface area (Å²) in [5, 5.41) is 4.81. The number of amides is 1. The smallest absolute Gasteiger partial charge is 0.243 e. The Balaban J connectivity index is 1.95. The summed E-state index contributed by atoms with van der Waals surface area (Å²) < 4.78 is 26.3. The molecule has 1 aromatic carbocycles. The van der Waals surface area contributed by atoms with Gasteiger partial charge < -0.3 is 5.32 Å². The maximum Gasteiger partial charge on any atom is 0.243 e. The molecule has 0 unspecified atom stereocenters. The lowest BCUT2D eigenvalue weighted by molar-refractivity contribution is -0.117. The summed E-state index contributed by atoms with van der Waals surface area (Å²) in [7, 11) is -1.59. The molecular formula is C18H25N3O3S2. The summed E-state index contributed by atoms with van der Waals surface area (Å²) in [6, 6.07) is 10.3. The van der Waals surface area contributed by atoms with Gasteiger partial charge in [0.25, 0.3) is 0 Å². The van der Waals surface area contributed by atoms with Crippen LogP contribution >= 0.6 is 11.3 Å². The molecule has 0 fully saturated rings. The minimum Gasteiger partial charge on any atom is -0.325 e. The molecular weight excluding hydrogens is 370 g/mol. The minimum absolute atomic E-state index is 0.136.